The lowest BCUT2D eigenvalue weighted by molar-refractivity contribution is -0.123. The molecule has 5 nitrogen and oxygen atoms in total. The number of piperazine rings is 1. The summed E-state index contributed by atoms with van der Waals surface area (Å²) in [6.45, 7) is 6.39. The van der Waals surface area contributed by atoms with Crippen LogP contribution in [0.5, 0.6) is 5.75 Å². The van der Waals surface area contributed by atoms with Crippen molar-refractivity contribution in [1.29, 1.82) is 0 Å². The highest BCUT2D eigenvalue weighted by Crippen LogP contribution is 2.30. The predicted octanol–water partition coefficient (Wildman–Crippen LogP) is 4.61. The number of anilines is 1. The number of halogens is 1. The van der Waals surface area contributed by atoms with E-state index in [0.717, 1.165) is 64.0 Å². The second-order valence-corrected chi connectivity index (χ2v) is 9.40. The van der Waals surface area contributed by atoms with E-state index in [9.17, 15) is 9.18 Å². The molecule has 178 valence electrons. The molecule has 33 heavy (non-hydrogen) atoms. The molecule has 2 aliphatic rings. The van der Waals surface area contributed by atoms with Crippen molar-refractivity contribution in [2.24, 2.45) is 5.92 Å². The molecule has 6 heteroatoms. The Bertz CT molecular complexity index is 895. The number of rotatable bonds is 7. The molecule has 2 fully saturated rings. The highest BCUT2D eigenvalue weighted by Gasteiger charge is 2.29. The van der Waals surface area contributed by atoms with Gasteiger partial charge in [-0.15, -0.1) is 0 Å². The van der Waals surface area contributed by atoms with E-state index in [-0.39, 0.29) is 23.7 Å². The summed E-state index contributed by atoms with van der Waals surface area (Å²) in [5.74, 6) is 0.626. The average Bonchev–Trinajstić information content (AvgIpc) is 2.85. The topological polar surface area (TPSA) is 44.8 Å². The number of nitrogens with one attached hydrogen (secondary N) is 1. The van der Waals surface area contributed by atoms with Crippen LogP contribution >= 0.6 is 0 Å². The lowest BCUT2D eigenvalue weighted by atomic mass is 9.86. The first kappa shape index (κ1) is 23.7. The molecule has 1 saturated heterocycles. The zero-order valence-electron chi connectivity index (χ0n) is 19.8. The van der Waals surface area contributed by atoms with E-state index in [2.05, 4.69) is 41.4 Å². The summed E-state index contributed by atoms with van der Waals surface area (Å²) in [4.78, 5) is 17.4. The SMILES string of the molecule is CC[C@H]1CN(Cc2ccc(N(C)C(=O)C3CCC(Oc4ccc(F)cc4)CC3)cc2)CCN1. The van der Waals surface area contributed by atoms with E-state index in [4.69, 9.17) is 4.74 Å². The summed E-state index contributed by atoms with van der Waals surface area (Å²) in [6, 6.07) is 15.2. The van der Waals surface area contributed by atoms with E-state index >= 15 is 0 Å². The van der Waals surface area contributed by atoms with Crippen LogP contribution in [0.15, 0.2) is 48.5 Å². The Morgan fingerprint density at radius 3 is 2.45 bits per heavy atom. The molecule has 1 saturated carbocycles. The molecule has 1 aliphatic carbocycles. The summed E-state index contributed by atoms with van der Waals surface area (Å²) in [7, 11) is 1.88. The Morgan fingerprint density at radius 1 is 1.09 bits per heavy atom. The second kappa shape index (κ2) is 11.1. The number of hydrogen-bond acceptors (Lipinski definition) is 4. The Labute approximate surface area is 196 Å². The second-order valence-electron chi connectivity index (χ2n) is 9.40. The number of carbonyl (C=O) groups excluding carboxylic acids is 1. The number of hydrogen-bond donors (Lipinski definition) is 1. The molecule has 0 spiro atoms. The third-order valence-corrected chi connectivity index (χ3v) is 7.03. The predicted molar refractivity (Wildman–Crippen MR) is 130 cm³/mol. The molecule has 4 rings (SSSR count). The average molecular weight is 454 g/mol. The van der Waals surface area contributed by atoms with Gasteiger partial charge in [-0.1, -0.05) is 19.1 Å². The van der Waals surface area contributed by atoms with Gasteiger partial charge in [0.15, 0.2) is 0 Å². The summed E-state index contributed by atoms with van der Waals surface area (Å²) in [6.07, 6.45) is 4.54. The maximum atomic E-state index is 13.1. The van der Waals surface area contributed by atoms with Gasteiger partial charge in [0.05, 0.1) is 6.10 Å². The first-order valence-corrected chi connectivity index (χ1v) is 12.3. The van der Waals surface area contributed by atoms with Crippen LogP contribution in [0.25, 0.3) is 0 Å². The van der Waals surface area contributed by atoms with Gasteiger partial charge < -0.3 is 15.0 Å². The van der Waals surface area contributed by atoms with Gasteiger partial charge in [-0.3, -0.25) is 9.69 Å². The lowest BCUT2D eigenvalue weighted by Crippen LogP contribution is -2.49. The number of ether oxygens (including phenoxy) is 1. The first-order chi connectivity index (χ1) is 16.0. The van der Waals surface area contributed by atoms with Crippen molar-refractivity contribution < 1.29 is 13.9 Å². The summed E-state index contributed by atoms with van der Waals surface area (Å²) < 4.78 is 19.0. The van der Waals surface area contributed by atoms with Crippen molar-refractivity contribution in [3.8, 4) is 5.75 Å². The number of nitrogens with zero attached hydrogens (tertiary/aromatic N) is 2. The standard InChI is InChI=1S/C27H36FN3O2/c1-3-23-19-31(17-16-29-23)18-20-4-10-24(11-5-20)30(2)27(32)21-6-12-25(13-7-21)33-26-14-8-22(28)9-15-26/h4-5,8-11,14-15,21,23,25,29H,3,6-7,12-13,16-19H2,1-2H3/t21?,23-,25?/m0/s1. The molecule has 2 aromatic rings. The zero-order chi connectivity index (χ0) is 23.2. The van der Waals surface area contributed by atoms with Crippen LogP contribution in [0, 0.1) is 11.7 Å². The van der Waals surface area contributed by atoms with Crippen LogP contribution in [-0.2, 0) is 11.3 Å². The van der Waals surface area contributed by atoms with E-state index in [1.54, 1.807) is 17.0 Å². The van der Waals surface area contributed by atoms with Crippen LogP contribution in [0.2, 0.25) is 0 Å². The van der Waals surface area contributed by atoms with E-state index < -0.39 is 0 Å². The molecule has 0 bridgehead atoms. The minimum atomic E-state index is -0.262. The van der Waals surface area contributed by atoms with Crippen LogP contribution in [-0.4, -0.2) is 49.6 Å². The van der Waals surface area contributed by atoms with Crippen LogP contribution in [0.4, 0.5) is 10.1 Å². The number of benzene rings is 2. The van der Waals surface area contributed by atoms with Gasteiger partial charge >= 0.3 is 0 Å². The minimum Gasteiger partial charge on any atom is -0.490 e. The lowest BCUT2D eigenvalue weighted by Gasteiger charge is -2.33. The molecule has 0 unspecified atom stereocenters. The van der Waals surface area contributed by atoms with Crippen molar-refractivity contribution in [1.82, 2.24) is 10.2 Å². The highest BCUT2D eigenvalue weighted by molar-refractivity contribution is 5.94. The summed E-state index contributed by atoms with van der Waals surface area (Å²) in [5, 5.41) is 3.56. The van der Waals surface area contributed by atoms with Crippen LogP contribution in [0.1, 0.15) is 44.6 Å². The Hall–Kier alpha value is -2.44. The van der Waals surface area contributed by atoms with Gasteiger partial charge in [-0.05, 0) is 74.1 Å². The molecule has 1 heterocycles. The number of amides is 1. The highest BCUT2D eigenvalue weighted by atomic mass is 19.1. The number of carbonyl (C=O) groups is 1. The molecule has 1 amide bonds. The van der Waals surface area contributed by atoms with Crippen molar-refractivity contribution in [3.05, 3.63) is 59.9 Å². The third-order valence-electron chi connectivity index (χ3n) is 7.03. The molecular weight excluding hydrogens is 417 g/mol. The molecule has 0 radical (unpaired) electrons. The van der Waals surface area contributed by atoms with Crippen LogP contribution < -0.4 is 15.0 Å². The Kier molecular flexibility index (Phi) is 7.99. The molecule has 2 aromatic carbocycles. The van der Waals surface area contributed by atoms with Crippen molar-refractivity contribution in [3.63, 3.8) is 0 Å². The monoisotopic (exact) mass is 453 g/mol. The third kappa shape index (κ3) is 6.33. The fourth-order valence-corrected chi connectivity index (χ4v) is 4.93. The largest absolute Gasteiger partial charge is 0.490 e. The van der Waals surface area contributed by atoms with Crippen molar-refractivity contribution in [2.75, 3.05) is 31.6 Å². The van der Waals surface area contributed by atoms with Crippen LogP contribution in [0.3, 0.4) is 0 Å². The zero-order valence-corrected chi connectivity index (χ0v) is 19.8. The molecule has 1 N–H and O–H groups in total. The normalized spacial score (nSPS) is 23.8. The fourth-order valence-electron chi connectivity index (χ4n) is 4.93. The van der Waals surface area contributed by atoms with Gasteiger partial charge in [-0.2, -0.15) is 0 Å². The van der Waals surface area contributed by atoms with E-state index in [0.29, 0.717) is 11.8 Å². The van der Waals surface area contributed by atoms with E-state index in [1.165, 1.54) is 17.7 Å². The molecule has 1 atom stereocenters. The minimum absolute atomic E-state index is 0.0228. The smallest absolute Gasteiger partial charge is 0.229 e. The van der Waals surface area contributed by atoms with Crippen molar-refractivity contribution in [2.45, 2.75) is 57.7 Å². The van der Waals surface area contributed by atoms with Gasteiger partial charge in [0.2, 0.25) is 5.91 Å². The molecular formula is C27H36FN3O2. The maximum absolute atomic E-state index is 13.1. The fraction of sp³-hybridized carbons (Fsp3) is 0.519. The molecule has 1 aliphatic heterocycles. The van der Waals surface area contributed by atoms with E-state index in [1.807, 2.05) is 7.05 Å². The Morgan fingerprint density at radius 2 is 1.79 bits per heavy atom. The summed E-state index contributed by atoms with van der Waals surface area (Å²) in [5.41, 5.74) is 2.23. The van der Waals surface area contributed by atoms with Gasteiger partial charge in [-0.25, -0.2) is 4.39 Å². The van der Waals surface area contributed by atoms with Gasteiger partial charge in [0, 0.05) is 50.9 Å². The first-order valence-electron chi connectivity index (χ1n) is 12.3. The maximum Gasteiger partial charge on any atom is 0.229 e. The van der Waals surface area contributed by atoms with Crippen molar-refractivity contribution >= 4 is 11.6 Å². The quantitative estimate of drug-likeness (QED) is 0.665. The Balaban J connectivity index is 1.26. The van der Waals surface area contributed by atoms with Gasteiger partial charge in [0.1, 0.15) is 11.6 Å². The molecule has 0 aromatic heterocycles. The van der Waals surface area contributed by atoms with Gasteiger partial charge in [0.25, 0.3) is 0 Å². The summed E-state index contributed by atoms with van der Waals surface area (Å²) >= 11 is 0.